The molecule has 0 unspecified atom stereocenters. The van der Waals surface area contributed by atoms with E-state index in [2.05, 4.69) is 9.97 Å². The minimum atomic E-state index is -1.53. The Labute approximate surface area is 93.7 Å². The SMILES string of the molecule is Fc1cc2nc3ccccc3nc2c(F)c1F. The molecule has 84 valence electrons. The van der Waals surface area contributed by atoms with Gasteiger partial charge in [0.2, 0.25) is 0 Å². The Bertz CT molecular complexity index is 740. The molecular weight excluding hydrogens is 229 g/mol. The zero-order valence-electron chi connectivity index (χ0n) is 8.42. The van der Waals surface area contributed by atoms with E-state index in [1.54, 1.807) is 24.3 Å². The summed E-state index contributed by atoms with van der Waals surface area (Å²) in [4.78, 5) is 7.97. The number of rotatable bonds is 0. The zero-order chi connectivity index (χ0) is 12.0. The molecule has 0 fully saturated rings. The molecule has 1 heterocycles. The maximum atomic E-state index is 13.5. The molecule has 0 saturated heterocycles. The van der Waals surface area contributed by atoms with E-state index in [4.69, 9.17) is 0 Å². The van der Waals surface area contributed by atoms with Gasteiger partial charge in [0, 0.05) is 6.07 Å². The second kappa shape index (κ2) is 3.41. The zero-order valence-corrected chi connectivity index (χ0v) is 8.42. The summed E-state index contributed by atoms with van der Waals surface area (Å²) in [5.74, 6) is -4.10. The van der Waals surface area contributed by atoms with Gasteiger partial charge < -0.3 is 0 Å². The Kier molecular flexibility index (Phi) is 2.01. The lowest BCUT2D eigenvalue weighted by atomic mass is 10.2. The van der Waals surface area contributed by atoms with Crippen LogP contribution in [0.1, 0.15) is 0 Å². The van der Waals surface area contributed by atoms with Crippen molar-refractivity contribution in [3.63, 3.8) is 0 Å². The third-order valence-electron chi connectivity index (χ3n) is 2.47. The minimum absolute atomic E-state index is 0.0000926. The smallest absolute Gasteiger partial charge is 0.196 e. The molecule has 0 radical (unpaired) electrons. The highest BCUT2D eigenvalue weighted by atomic mass is 19.2. The van der Waals surface area contributed by atoms with Crippen molar-refractivity contribution in [2.45, 2.75) is 0 Å². The van der Waals surface area contributed by atoms with Gasteiger partial charge in [0.25, 0.3) is 0 Å². The van der Waals surface area contributed by atoms with Crippen molar-refractivity contribution in [3.8, 4) is 0 Å². The van der Waals surface area contributed by atoms with Gasteiger partial charge in [-0.05, 0) is 12.1 Å². The Balaban J connectivity index is 2.52. The maximum Gasteiger partial charge on any atom is 0.196 e. The van der Waals surface area contributed by atoms with Gasteiger partial charge in [-0.25, -0.2) is 23.1 Å². The first-order valence-corrected chi connectivity index (χ1v) is 4.87. The largest absolute Gasteiger partial charge is 0.244 e. The predicted molar refractivity (Wildman–Crippen MR) is 56.9 cm³/mol. The number of hydrogen-bond donors (Lipinski definition) is 0. The summed E-state index contributed by atoms with van der Waals surface area (Å²) in [6.07, 6.45) is 0. The number of fused-ring (bicyclic) bond motifs is 2. The van der Waals surface area contributed by atoms with Crippen LogP contribution < -0.4 is 0 Å². The number of para-hydroxylation sites is 2. The number of hydrogen-bond acceptors (Lipinski definition) is 2. The normalized spacial score (nSPS) is 11.2. The van der Waals surface area contributed by atoms with Crippen LogP contribution >= 0.6 is 0 Å². The lowest BCUT2D eigenvalue weighted by Crippen LogP contribution is -1.96. The molecule has 0 aliphatic rings. The first-order valence-electron chi connectivity index (χ1n) is 4.87. The van der Waals surface area contributed by atoms with Gasteiger partial charge in [-0.1, -0.05) is 12.1 Å². The quantitative estimate of drug-likeness (QED) is 0.441. The average Bonchev–Trinajstić information content (AvgIpc) is 2.34. The van der Waals surface area contributed by atoms with Crippen LogP contribution in [0.4, 0.5) is 13.2 Å². The fraction of sp³-hybridized carbons (Fsp3) is 0. The Morgan fingerprint density at radius 3 is 2.12 bits per heavy atom. The van der Waals surface area contributed by atoms with Crippen molar-refractivity contribution in [1.82, 2.24) is 9.97 Å². The molecule has 17 heavy (non-hydrogen) atoms. The minimum Gasteiger partial charge on any atom is -0.244 e. The van der Waals surface area contributed by atoms with E-state index in [-0.39, 0.29) is 11.0 Å². The second-order valence-corrected chi connectivity index (χ2v) is 3.57. The van der Waals surface area contributed by atoms with Crippen LogP contribution in [-0.2, 0) is 0 Å². The van der Waals surface area contributed by atoms with Crippen LogP contribution in [0.3, 0.4) is 0 Å². The van der Waals surface area contributed by atoms with E-state index >= 15 is 0 Å². The summed E-state index contributed by atoms with van der Waals surface area (Å²) in [5.41, 5.74) is 0.679. The molecule has 0 amide bonds. The number of halogens is 3. The van der Waals surface area contributed by atoms with Crippen LogP contribution in [-0.4, -0.2) is 9.97 Å². The van der Waals surface area contributed by atoms with E-state index in [0.717, 1.165) is 6.07 Å². The summed E-state index contributed by atoms with van der Waals surface area (Å²) >= 11 is 0. The monoisotopic (exact) mass is 234 g/mol. The maximum absolute atomic E-state index is 13.5. The molecule has 0 N–H and O–H groups in total. The summed E-state index contributed by atoms with van der Waals surface area (Å²) in [6.45, 7) is 0. The third-order valence-corrected chi connectivity index (χ3v) is 2.47. The van der Waals surface area contributed by atoms with Crippen molar-refractivity contribution in [3.05, 3.63) is 47.8 Å². The molecule has 1 aromatic heterocycles. The highest BCUT2D eigenvalue weighted by Gasteiger charge is 2.15. The summed E-state index contributed by atoms with van der Waals surface area (Å²) < 4.78 is 39.5. The molecule has 3 aromatic rings. The third kappa shape index (κ3) is 1.43. The molecule has 0 aliphatic carbocycles. The molecule has 2 nitrogen and oxygen atoms in total. The Morgan fingerprint density at radius 1 is 0.765 bits per heavy atom. The van der Waals surface area contributed by atoms with Gasteiger partial charge in [0.05, 0.1) is 16.6 Å². The highest BCUT2D eigenvalue weighted by Crippen LogP contribution is 2.22. The fourth-order valence-electron chi connectivity index (χ4n) is 1.67. The lowest BCUT2D eigenvalue weighted by molar-refractivity contribution is 0.452. The van der Waals surface area contributed by atoms with Gasteiger partial charge in [-0.15, -0.1) is 0 Å². The van der Waals surface area contributed by atoms with Gasteiger partial charge in [-0.3, -0.25) is 0 Å². The first kappa shape index (κ1) is 10.0. The van der Waals surface area contributed by atoms with E-state index in [0.29, 0.717) is 11.0 Å². The fourth-order valence-corrected chi connectivity index (χ4v) is 1.67. The van der Waals surface area contributed by atoms with Crippen LogP contribution in [0.25, 0.3) is 22.1 Å². The topological polar surface area (TPSA) is 25.8 Å². The molecule has 0 aliphatic heterocycles. The Morgan fingerprint density at radius 2 is 1.41 bits per heavy atom. The number of aromatic nitrogens is 2. The van der Waals surface area contributed by atoms with E-state index in [9.17, 15) is 13.2 Å². The van der Waals surface area contributed by atoms with Crippen molar-refractivity contribution in [2.75, 3.05) is 0 Å². The number of nitrogens with zero attached hydrogens (tertiary/aromatic N) is 2. The second-order valence-electron chi connectivity index (χ2n) is 3.57. The van der Waals surface area contributed by atoms with E-state index < -0.39 is 17.5 Å². The van der Waals surface area contributed by atoms with Crippen molar-refractivity contribution < 1.29 is 13.2 Å². The van der Waals surface area contributed by atoms with Crippen LogP contribution in [0.5, 0.6) is 0 Å². The van der Waals surface area contributed by atoms with Gasteiger partial charge in [0.1, 0.15) is 5.52 Å². The molecule has 0 atom stereocenters. The lowest BCUT2D eigenvalue weighted by Gasteiger charge is -2.03. The van der Waals surface area contributed by atoms with E-state index in [1.807, 2.05) is 0 Å². The number of benzene rings is 2. The van der Waals surface area contributed by atoms with Gasteiger partial charge in [0.15, 0.2) is 17.5 Å². The predicted octanol–water partition coefficient (Wildman–Crippen LogP) is 3.20. The molecule has 0 bridgehead atoms. The van der Waals surface area contributed by atoms with Crippen molar-refractivity contribution in [2.24, 2.45) is 0 Å². The van der Waals surface area contributed by atoms with Crippen molar-refractivity contribution in [1.29, 1.82) is 0 Å². The highest BCUT2D eigenvalue weighted by molar-refractivity contribution is 5.86. The molecule has 0 saturated carbocycles. The Hall–Kier alpha value is -2.17. The molecule has 0 spiro atoms. The molecule has 2 aromatic carbocycles. The molecular formula is C12H5F3N2. The van der Waals surface area contributed by atoms with Crippen LogP contribution in [0.15, 0.2) is 30.3 Å². The average molecular weight is 234 g/mol. The summed E-state index contributed by atoms with van der Waals surface area (Å²) in [7, 11) is 0. The first-order chi connectivity index (χ1) is 8.16. The van der Waals surface area contributed by atoms with Gasteiger partial charge >= 0.3 is 0 Å². The van der Waals surface area contributed by atoms with Gasteiger partial charge in [-0.2, -0.15) is 0 Å². The van der Waals surface area contributed by atoms with Crippen molar-refractivity contribution >= 4 is 22.1 Å². The summed E-state index contributed by atoms with van der Waals surface area (Å²) in [5, 5.41) is 0. The van der Waals surface area contributed by atoms with Crippen LogP contribution in [0.2, 0.25) is 0 Å². The van der Waals surface area contributed by atoms with Crippen LogP contribution in [0, 0.1) is 17.5 Å². The van der Waals surface area contributed by atoms with E-state index in [1.165, 1.54) is 0 Å². The molecule has 5 heteroatoms. The summed E-state index contributed by atoms with van der Waals surface area (Å²) in [6, 6.07) is 7.58. The standard InChI is InChI=1S/C12H5F3N2/c13-6-5-9-12(11(15)10(6)14)17-8-4-2-1-3-7(8)16-9/h1-5H. The molecule has 3 rings (SSSR count).